The third-order valence-corrected chi connectivity index (χ3v) is 2.20. The summed E-state index contributed by atoms with van der Waals surface area (Å²) in [5.74, 6) is -0.733. The van der Waals surface area contributed by atoms with E-state index in [1.165, 1.54) is 5.56 Å². The molecule has 6 heteroatoms. The van der Waals surface area contributed by atoms with Gasteiger partial charge in [-0.2, -0.15) is 0 Å². The summed E-state index contributed by atoms with van der Waals surface area (Å²) in [6.07, 6.45) is 0. The minimum atomic E-state index is -1.16. The van der Waals surface area contributed by atoms with Crippen LogP contribution in [0.1, 0.15) is 25.3 Å². The third kappa shape index (κ3) is 4.84. The highest BCUT2D eigenvalue weighted by Crippen LogP contribution is 2.16. The SMILES string of the molecule is CC(C)c1ccc(NC(=O)NOCC(=O)O)cc1. The van der Waals surface area contributed by atoms with Crippen molar-refractivity contribution in [2.45, 2.75) is 19.8 Å². The first-order valence-corrected chi connectivity index (χ1v) is 5.49. The first-order chi connectivity index (χ1) is 8.49. The fourth-order valence-corrected chi connectivity index (χ4v) is 1.27. The minimum Gasteiger partial charge on any atom is -0.479 e. The molecule has 0 atom stereocenters. The van der Waals surface area contributed by atoms with Gasteiger partial charge in [-0.1, -0.05) is 26.0 Å². The van der Waals surface area contributed by atoms with E-state index in [0.29, 0.717) is 11.6 Å². The fraction of sp³-hybridized carbons (Fsp3) is 0.333. The molecular formula is C12H16N2O4. The van der Waals surface area contributed by atoms with E-state index >= 15 is 0 Å². The van der Waals surface area contributed by atoms with Crippen molar-refractivity contribution in [1.82, 2.24) is 5.48 Å². The first kappa shape index (κ1) is 14.0. The standard InChI is InChI=1S/C12H16N2O4/c1-8(2)9-3-5-10(6-4-9)13-12(17)14-18-7-11(15)16/h3-6,8H,7H2,1-2H3,(H,15,16)(H2,13,14,17). The van der Waals surface area contributed by atoms with E-state index in [-0.39, 0.29) is 0 Å². The number of amides is 2. The number of aliphatic carboxylic acids is 1. The summed E-state index contributed by atoms with van der Waals surface area (Å²) < 4.78 is 0. The van der Waals surface area contributed by atoms with Crippen LogP contribution in [0, 0.1) is 0 Å². The summed E-state index contributed by atoms with van der Waals surface area (Å²) >= 11 is 0. The Hall–Kier alpha value is -2.08. The Kier molecular flexibility index (Phi) is 5.13. The molecule has 1 aromatic carbocycles. The minimum absolute atomic E-state index is 0.423. The molecule has 0 saturated carbocycles. The van der Waals surface area contributed by atoms with Gasteiger partial charge in [0, 0.05) is 5.69 Å². The van der Waals surface area contributed by atoms with Crippen LogP contribution in [0.4, 0.5) is 10.5 Å². The van der Waals surface area contributed by atoms with E-state index in [2.05, 4.69) is 24.0 Å². The van der Waals surface area contributed by atoms with Gasteiger partial charge in [0.15, 0.2) is 6.61 Å². The Morgan fingerprint density at radius 2 is 1.89 bits per heavy atom. The van der Waals surface area contributed by atoms with Gasteiger partial charge in [0.1, 0.15) is 0 Å². The van der Waals surface area contributed by atoms with E-state index in [9.17, 15) is 9.59 Å². The fourth-order valence-electron chi connectivity index (χ4n) is 1.27. The summed E-state index contributed by atoms with van der Waals surface area (Å²) in [5, 5.41) is 10.8. The summed E-state index contributed by atoms with van der Waals surface area (Å²) in [6.45, 7) is 3.57. The normalized spacial score (nSPS) is 10.2. The molecular weight excluding hydrogens is 236 g/mol. The number of carboxylic acids is 1. The molecule has 0 aliphatic carbocycles. The van der Waals surface area contributed by atoms with E-state index in [4.69, 9.17) is 5.11 Å². The van der Waals surface area contributed by atoms with Gasteiger partial charge in [0.2, 0.25) is 0 Å². The molecule has 1 aromatic rings. The Bertz CT molecular complexity index is 415. The van der Waals surface area contributed by atoms with Crippen molar-refractivity contribution in [3.63, 3.8) is 0 Å². The molecule has 1 rings (SSSR count). The Labute approximate surface area is 105 Å². The van der Waals surface area contributed by atoms with Gasteiger partial charge in [-0.3, -0.25) is 4.84 Å². The molecule has 0 aliphatic rings. The van der Waals surface area contributed by atoms with Gasteiger partial charge in [-0.05, 0) is 23.6 Å². The summed E-state index contributed by atoms with van der Waals surface area (Å²) in [7, 11) is 0. The van der Waals surface area contributed by atoms with E-state index in [1.807, 2.05) is 17.6 Å². The number of urea groups is 1. The van der Waals surface area contributed by atoms with Crippen LogP contribution in [0.3, 0.4) is 0 Å². The number of carbonyl (C=O) groups excluding carboxylic acids is 1. The summed E-state index contributed by atoms with van der Waals surface area (Å²) in [6, 6.07) is 6.75. The highest BCUT2D eigenvalue weighted by Gasteiger charge is 2.04. The smallest absolute Gasteiger partial charge is 0.343 e. The van der Waals surface area contributed by atoms with Gasteiger partial charge >= 0.3 is 12.0 Å². The number of hydroxylamine groups is 1. The number of carbonyl (C=O) groups is 2. The maximum absolute atomic E-state index is 11.3. The topological polar surface area (TPSA) is 87.7 Å². The number of hydrogen-bond acceptors (Lipinski definition) is 3. The second-order valence-corrected chi connectivity index (χ2v) is 4.02. The number of rotatable bonds is 5. The van der Waals surface area contributed by atoms with Gasteiger partial charge in [0.05, 0.1) is 0 Å². The van der Waals surface area contributed by atoms with Crippen LogP contribution < -0.4 is 10.8 Å². The van der Waals surface area contributed by atoms with Crippen molar-refractivity contribution in [1.29, 1.82) is 0 Å². The van der Waals surface area contributed by atoms with Crippen molar-refractivity contribution in [3.8, 4) is 0 Å². The second kappa shape index (κ2) is 6.61. The second-order valence-electron chi connectivity index (χ2n) is 4.02. The number of carboxylic acid groups (broad SMARTS) is 1. The predicted molar refractivity (Wildman–Crippen MR) is 66.3 cm³/mol. The van der Waals surface area contributed by atoms with Crippen molar-refractivity contribution in [2.75, 3.05) is 11.9 Å². The molecule has 0 saturated heterocycles. The zero-order valence-corrected chi connectivity index (χ0v) is 10.3. The lowest BCUT2D eigenvalue weighted by Gasteiger charge is -2.09. The summed E-state index contributed by atoms with van der Waals surface area (Å²) in [4.78, 5) is 25.8. The van der Waals surface area contributed by atoms with Crippen LogP contribution in [0.25, 0.3) is 0 Å². The number of benzene rings is 1. The quantitative estimate of drug-likeness (QED) is 0.699. The Balaban J connectivity index is 2.42. The average Bonchev–Trinajstić information content (AvgIpc) is 2.29. The molecule has 3 N–H and O–H groups in total. The molecule has 0 radical (unpaired) electrons. The molecule has 2 amide bonds. The van der Waals surface area contributed by atoms with Crippen LogP contribution in [-0.2, 0) is 9.63 Å². The van der Waals surface area contributed by atoms with Crippen molar-refractivity contribution in [2.24, 2.45) is 0 Å². The zero-order valence-electron chi connectivity index (χ0n) is 10.3. The molecule has 0 heterocycles. The van der Waals surface area contributed by atoms with Gasteiger partial charge in [-0.25, -0.2) is 15.1 Å². The molecule has 0 fully saturated rings. The third-order valence-electron chi connectivity index (χ3n) is 2.20. The lowest BCUT2D eigenvalue weighted by atomic mass is 10.0. The molecule has 0 spiro atoms. The van der Waals surface area contributed by atoms with E-state index < -0.39 is 18.6 Å². The van der Waals surface area contributed by atoms with Crippen molar-refractivity contribution >= 4 is 17.7 Å². The molecule has 98 valence electrons. The van der Waals surface area contributed by atoms with Crippen LogP contribution in [0.2, 0.25) is 0 Å². The average molecular weight is 252 g/mol. The largest absolute Gasteiger partial charge is 0.479 e. The molecule has 18 heavy (non-hydrogen) atoms. The lowest BCUT2D eigenvalue weighted by molar-refractivity contribution is -0.143. The maximum atomic E-state index is 11.3. The Morgan fingerprint density at radius 3 is 2.39 bits per heavy atom. The van der Waals surface area contributed by atoms with Crippen LogP contribution in [0.15, 0.2) is 24.3 Å². The number of anilines is 1. The lowest BCUT2D eigenvalue weighted by Crippen LogP contribution is -2.30. The van der Waals surface area contributed by atoms with Gasteiger partial charge in [-0.15, -0.1) is 0 Å². The number of hydrogen-bond donors (Lipinski definition) is 3. The van der Waals surface area contributed by atoms with E-state index in [1.54, 1.807) is 12.1 Å². The van der Waals surface area contributed by atoms with Crippen LogP contribution in [-0.4, -0.2) is 23.7 Å². The van der Waals surface area contributed by atoms with Gasteiger partial charge in [0.25, 0.3) is 0 Å². The molecule has 0 unspecified atom stereocenters. The first-order valence-electron chi connectivity index (χ1n) is 5.49. The van der Waals surface area contributed by atoms with E-state index in [0.717, 1.165) is 0 Å². The van der Waals surface area contributed by atoms with Crippen molar-refractivity contribution < 1.29 is 19.5 Å². The number of nitrogens with one attached hydrogen (secondary N) is 2. The summed E-state index contributed by atoms with van der Waals surface area (Å²) in [5.41, 5.74) is 3.75. The van der Waals surface area contributed by atoms with Crippen molar-refractivity contribution in [3.05, 3.63) is 29.8 Å². The molecule has 0 aliphatic heterocycles. The molecule has 6 nitrogen and oxygen atoms in total. The highest BCUT2D eigenvalue weighted by atomic mass is 16.7. The zero-order chi connectivity index (χ0) is 13.5. The highest BCUT2D eigenvalue weighted by molar-refractivity contribution is 5.88. The van der Waals surface area contributed by atoms with Crippen LogP contribution >= 0.6 is 0 Å². The molecule has 0 aromatic heterocycles. The van der Waals surface area contributed by atoms with Crippen LogP contribution in [0.5, 0.6) is 0 Å². The Morgan fingerprint density at radius 1 is 1.28 bits per heavy atom. The maximum Gasteiger partial charge on any atom is 0.343 e. The monoisotopic (exact) mass is 252 g/mol. The predicted octanol–water partition coefficient (Wildman–Crippen LogP) is 1.95. The molecule has 0 bridgehead atoms. The van der Waals surface area contributed by atoms with Gasteiger partial charge < -0.3 is 10.4 Å².